The van der Waals surface area contributed by atoms with Crippen LogP contribution in [0.3, 0.4) is 0 Å². The number of aromatic nitrogens is 2. The average molecular weight is 409 g/mol. The van der Waals surface area contributed by atoms with Gasteiger partial charge in [-0.2, -0.15) is 4.98 Å². The Bertz CT molecular complexity index is 821. The van der Waals surface area contributed by atoms with Crippen LogP contribution in [0.4, 0.5) is 11.8 Å². The van der Waals surface area contributed by atoms with Crippen LogP contribution in [0.25, 0.3) is 0 Å². The summed E-state index contributed by atoms with van der Waals surface area (Å²) in [5.41, 5.74) is 6.99. The average Bonchev–Trinajstić information content (AvgIpc) is 2.80. The van der Waals surface area contributed by atoms with Crippen LogP contribution >= 0.6 is 0 Å². The molecule has 0 aliphatic carbocycles. The van der Waals surface area contributed by atoms with Crippen molar-refractivity contribution in [1.82, 2.24) is 20.2 Å². The number of amides is 1. The van der Waals surface area contributed by atoms with Crippen LogP contribution in [0, 0.1) is 5.92 Å². The number of nitrogens with one attached hydrogen (secondary N) is 1. The van der Waals surface area contributed by atoms with Gasteiger partial charge in [-0.1, -0.05) is 30.3 Å². The second-order valence-electron chi connectivity index (χ2n) is 8.35. The normalized spacial score (nSPS) is 20.8. The molecule has 0 spiro atoms. The fraction of sp³-hybridized carbons (Fsp3) is 0.522. The second-order valence-corrected chi connectivity index (χ2v) is 8.35. The number of carbonyl (C=O) groups is 1. The van der Waals surface area contributed by atoms with E-state index in [2.05, 4.69) is 37.2 Å². The maximum Gasteiger partial charge on any atom is 0.224 e. The molecule has 2 fully saturated rings. The van der Waals surface area contributed by atoms with E-state index in [0.29, 0.717) is 18.5 Å². The number of hydrogen-bond acceptors (Lipinski definition) is 6. The minimum atomic E-state index is 0.106. The zero-order chi connectivity index (χ0) is 20.8. The lowest BCUT2D eigenvalue weighted by atomic mass is 9.93. The Kier molecular flexibility index (Phi) is 6.79. The lowest BCUT2D eigenvalue weighted by Crippen LogP contribution is -2.51. The molecule has 3 heterocycles. The van der Waals surface area contributed by atoms with E-state index < -0.39 is 0 Å². The molecule has 7 nitrogen and oxygen atoms in total. The largest absolute Gasteiger partial charge is 0.368 e. The molecule has 2 aliphatic rings. The number of nitrogen functional groups attached to an aromatic ring is 1. The van der Waals surface area contributed by atoms with Gasteiger partial charge in [0.2, 0.25) is 11.9 Å². The summed E-state index contributed by atoms with van der Waals surface area (Å²) in [4.78, 5) is 25.9. The van der Waals surface area contributed by atoms with E-state index in [1.54, 1.807) is 6.20 Å². The topological polar surface area (TPSA) is 87.4 Å². The minimum absolute atomic E-state index is 0.106. The highest BCUT2D eigenvalue weighted by molar-refractivity contribution is 5.79. The van der Waals surface area contributed by atoms with E-state index in [0.717, 1.165) is 64.1 Å². The molecular formula is C23H32N6O. The molecule has 4 rings (SSSR count). The first-order valence-electron chi connectivity index (χ1n) is 11.1. The molecule has 2 aliphatic heterocycles. The van der Waals surface area contributed by atoms with Crippen molar-refractivity contribution >= 4 is 17.7 Å². The lowest BCUT2D eigenvalue weighted by Gasteiger charge is -2.42. The van der Waals surface area contributed by atoms with Gasteiger partial charge in [-0.3, -0.25) is 9.69 Å². The van der Waals surface area contributed by atoms with Crippen molar-refractivity contribution in [3.8, 4) is 0 Å². The summed E-state index contributed by atoms with van der Waals surface area (Å²) in [6, 6.07) is 12.8. The SMILES string of the molecule is Nc1nccc(N2CCC(N3CCCC(C(=O)NCCc4ccccc4)C3)CC2)n1. The van der Waals surface area contributed by atoms with Gasteiger partial charge in [0.05, 0.1) is 5.92 Å². The Morgan fingerprint density at radius 2 is 1.90 bits per heavy atom. The molecule has 2 saturated heterocycles. The third-order valence-corrected chi connectivity index (χ3v) is 6.34. The number of piperidine rings is 2. The first-order valence-corrected chi connectivity index (χ1v) is 11.1. The number of carbonyl (C=O) groups excluding carboxylic acids is 1. The van der Waals surface area contributed by atoms with Crippen molar-refractivity contribution < 1.29 is 4.79 Å². The minimum Gasteiger partial charge on any atom is -0.368 e. The standard InChI is InChI=1S/C23H32N6O/c24-23-26-13-9-21(27-23)28-15-10-20(11-16-28)29-14-4-7-19(17-29)22(30)25-12-8-18-5-2-1-3-6-18/h1-3,5-6,9,13,19-20H,4,7-8,10-12,14-17H2,(H,25,30)(H2,24,26,27). The summed E-state index contributed by atoms with van der Waals surface area (Å²) >= 11 is 0. The summed E-state index contributed by atoms with van der Waals surface area (Å²) in [6.45, 7) is 4.61. The van der Waals surface area contributed by atoms with Crippen molar-refractivity contribution in [2.45, 2.75) is 38.1 Å². The predicted octanol–water partition coefficient (Wildman–Crippen LogP) is 2.10. The summed E-state index contributed by atoms with van der Waals surface area (Å²) in [7, 11) is 0. The number of benzene rings is 1. The summed E-state index contributed by atoms with van der Waals surface area (Å²) < 4.78 is 0. The Hall–Kier alpha value is -2.67. The summed E-state index contributed by atoms with van der Waals surface area (Å²) in [5.74, 6) is 1.56. The van der Waals surface area contributed by atoms with Crippen molar-refractivity contribution in [3.63, 3.8) is 0 Å². The van der Waals surface area contributed by atoms with E-state index in [1.165, 1.54) is 5.56 Å². The maximum absolute atomic E-state index is 12.7. The van der Waals surface area contributed by atoms with Crippen LogP contribution in [0.1, 0.15) is 31.2 Å². The van der Waals surface area contributed by atoms with Crippen LogP contribution in [0.5, 0.6) is 0 Å². The van der Waals surface area contributed by atoms with Gasteiger partial charge in [-0.15, -0.1) is 0 Å². The third kappa shape index (κ3) is 5.27. The second kappa shape index (κ2) is 9.89. The van der Waals surface area contributed by atoms with Gasteiger partial charge in [0.1, 0.15) is 5.82 Å². The van der Waals surface area contributed by atoms with Crippen molar-refractivity contribution in [2.24, 2.45) is 5.92 Å². The van der Waals surface area contributed by atoms with Crippen molar-refractivity contribution in [3.05, 3.63) is 48.2 Å². The van der Waals surface area contributed by atoms with Gasteiger partial charge in [-0.25, -0.2) is 4.98 Å². The molecule has 1 unspecified atom stereocenters. The van der Waals surface area contributed by atoms with Gasteiger partial charge in [-0.05, 0) is 50.3 Å². The van der Waals surface area contributed by atoms with Crippen molar-refractivity contribution in [2.75, 3.05) is 43.4 Å². The molecule has 1 aromatic carbocycles. The lowest BCUT2D eigenvalue weighted by molar-refractivity contribution is -0.127. The highest BCUT2D eigenvalue weighted by atomic mass is 16.1. The highest BCUT2D eigenvalue weighted by Gasteiger charge is 2.31. The number of likely N-dealkylation sites (tertiary alicyclic amines) is 1. The molecule has 1 amide bonds. The van der Waals surface area contributed by atoms with Crippen LogP contribution in [0.15, 0.2) is 42.6 Å². The van der Waals surface area contributed by atoms with Gasteiger partial charge < -0.3 is 16.0 Å². The number of nitrogens with two attached hydrogens (primary N) is 1. The predicted molar refractivity (Wildman–Crippen MR) is 119 cm³/mol. The Morgan fingerprint density at radius 3 is 2.67 bits per heavy atom. The summed E-state index contributed by atoms with van der Waals surface area (Å²) in [6.07, 6.45) is 6.87. The first-order chi connectivity index (χ1) is 14.7. The molecular weight excluding hydrogens is 376 g/mol. The number of anilines is 2. The zero-order valence-electron chi connectivity index (χ0n) is 17.5. The molecule has 160 valence electrons. The quantitative estimate of drug-likeness (QED) is 0.761. The van der Waals surface area contributed by atoms with Crippen LogP contribution in [0.2, 0.25) is 0 Å². The van der Waals surface area contributed by atoms with Crippen LogP contribution < -0.4 is 16.0 Å². The monoisotopic (exact) mass is 408 g/mol. The highest BCUT2D eigenvalue weighted by Crippen LogP contribution is 2.26. The van der Waals surface area contributed by atoms with E-state index in [9.17, 15) is 4.79 Å². The molecule has 7 heteroatoms. The summed E-state index contributed by atoms with van der Waals surface area (Å²) in [5, 5.41) is 3.16. The van der Waals surface area contributed by atoms with Crippen LogP contribution in [-0.4, -0.2) is 59.5 Å². The fourth-order valence-electron chi connectivity index (χ4n) is 4.67. The molecule has 0 saturated carbocycles. The smallest absolute Gasteiger partial charge is 0.224 e. The molecule has 30 heavy (non-hydrogen) atoms. The van der Waals surface area contributed by atoms with Crippen LogP contribution in [-0.2, 0) is 11.2 Å². The Labute approximate surface area is 178 Å². The molecule has 0 radical (unpaired) electrons. The molecule has 0 bridgehead atoms. The molecule has 1 atom stereocenters. The van der Waals surface area contributed by atoms with Gasteiger partial charge in [0.25, 0.3) is 0 Å². The Morgan fingerprint density at radius 1 is 1.10 bits per heavy atom. The van der Waals surface area contributed by atoms with Gasteiger partial charge in [0.15, 0.2) is 0 Å². The van der Waals surface area contributed by atoms with Gasteiger partial charge >= 0.3 is 0 Å². The Balaban J connectivity index is 1.23. The fourth-order valence-corrected chi connectivity index (χ4v) is 4.67. The number of nitrogens with zero attached hydrogens (tertiary/aromatic N) is 4. The van der Waals surface area contributed by atoms with E-state index in [1.807, 2.05) is 24.3 Å². The molecule has 3 N–H and O–H groups in total. The number of rotatable bonds is 6. The zero-order valence-corrected chi connectivity index (χ0v) is 17.5. The van der Waals surface area contributed by atoms with E-state index in [4.69, 9.17) is 5.73 Å². The molecule has 2 aromatic rings. The van der Waals surface area contributed by atoms with Gasteiger partial charge in [0, 0.05) is 38.4 Å². The number of hydrogen-bond donors (Lipinski definition) is 2. The molecule has 1 aromatic heterocycles. The van der Waals surface area contributed by atoms with E-state index >= 15 is 0 Å². The third-order valence-electron chi connectivity index (χ3n) is 6.34. The first kappa shape index (κ1) is 20.6. The van der Waals surface area contributed by atoms with Crippen molar-refractivity contribution in [1.29, 1.82) is 0 Å². The maximum atomic E-state index is 12.7. The van der Waals surface area contributed by atoms with E-state index in [-0.39, 0.29) is 11.8 Å².